The van der Waals surface area contributed by atoms with Crippen molar-refractivity contribution in [2.75, 3.05) is 31.6 Å². The lowest BCUT2D eigenvalue weighted by molar-refractivity contribution is 0.0704. The average Bonchev–Trinajstić information content (AvgIpc) is 2.61. The monoisotopic (exact) mass is 311 g/mol. The van der Waals surface area contributed by atoms with Crippen LogP contribution >= 0.6 is 0 Å². The van der Waals surface area contributed by atoms with Gasteiger partial charge < -0.3 is 14.5 Å². The van der Waals surface area contributed by atoms with Crippen LogP contribution in [0.25, 0.3) is 0 Å². The number of fused-ring (bicyclic) bond motifs is 1. The summed E-state index contributed by atoms with van der Waals surface area (Å²) in [5.74, 6) is 0.792. The van der Waals surface area contributed by atoms with E-state index >= 15 is 0 Å². The van der Waals surface area contributed by atoms with E-state index in [9.17, 15) is 4.79 Å². The van der Waals surface area contributed by atoms with Crippen LogP contribution in [0, 0.1) is 0 Å². The van der Waals surface area contributed by atoms with Gasteiger partial charge in [0.15, 0.2) is 0 Å². The highest BCUT2D eigenvalue weighted by Gasteiger charge is 2.27. The summed E-state index contributed by atoms with van der Waals surface area (Å²) in [6.07, 6.45) is 1.58. The molecule has 1 atom stereocenters. The second-order valence-corrected chi connectivity index (χ2v) is 5.65. The summed E-state index contributed by atoms with van der Waals surface area (Å²) in [4.78, 5) is 20.5. The number of anilines is 1. The summed E-state index contributed by atoms with van der Waals surface area (Å²) in [5.41, 5.74) is 1.57. The number of hydrogen-bond donors (Lipinski definition) is 0. The number of aromatic nitrogens is 1. The fourth-order valence-electron chi connectivity index (χ4n) is 2.85. The summed E-state index contributed by atoms with van der Waals surface area (Å²) in [6, 6.07) is 13.4. The van der Waals surface area contributed by atoms with Crippen molar-refractivity contribution in [2.45, 2.75) is 13.0 Å². The van der Waals surface area contributed by atoms with E-state index in [4.69, 9.17) is 4.74 Å². The van der Waals surface area contributed by atoms with Crippen molar-refractivity contribution in [3.05, 3.63) is 54.4 Å². The molecule has 120 valence electrons. The first-order valence-electron chi connectivity index (χ1n) is 7.86. The van der Waals surface area contributed by atoms with Gasteiger partial charge in [-0.2, -0.15) is 0 Å². The maximum absolute atomic E-state index is 12.4. The van der Waals surface area contributed by atoms with Gasteiger partial charge in [-0.1, -0.05) is 18.2 Å². The van der Waals surface area contributed by atoms with Gasteiger partial charge in [0.2, 0.25) is 0 Å². The van der Waals surface area contributed by atoms with Crippen LogP contribution in [-0.4, -0.2) is 48.6 Å². The second-order valence-electron chi connectivity index (χ2n) is 5.65. The van der Waals surface area contributed by atoms with E-state index in [2.05, 4.69) is 22.9 Å². The molecule has 2 heterocycles. The zero-order chi connectivity index (χ0) is 16.2. The first-order chi connectivity index (χ1) is 11.2. The molecule has 1 aromatic carbocycles. The number of ether oxygens (including phenoxy) is 1. The Morgan fingerprint density at radius 3 is 2.83 bits per heavy atom. The molecule has 23 heavy (non-hydrogen) atoms. The Kier molecular flexibility index (Phi) is 4.46. The van der Waals surface area contributed by atoms with Crippen LogP contribution in [0.2, 0.25) is 0 Å². The highest BCUT2D eigenvalue weighted by molar-refractivity contribution is 5.92. The first-order valence-corrected chi connectivity index (χ1v) is 7.86. The molecule has 0 saturated carbocycles. The van der Waals surface area contributed by atoms with Gasteiger partial charge in [-0.3, -0.25) is 9.78 Å². The highest BCUT2D eigenvalue weighted by Crippen LogP contribution is 2.32. The Morgan fingerprint density at radius 2 is 2.09 bits per heavy atom. The number of carbonyl (C=O) groups is 1. The molecule has 1 aromatic heterocycles. The first kappa shape index (κ1) is 15.3. The van der Waals surface area contributed by atoms with Crippen LogP contribution in [-0.2, 0) is 0 Å². The lowest BCUT2D eigenvalue weighted by Gasteiger charge is -2.37. The van der Waals surface area contributed by atoms with Gasteiger partial charge in [0.05, 0.1) is 18.8 Å². The van der Waals surface area contributed by atoms with Gasteiger partial charge in [-0.05, 0) is 31.2 Å². The molecule has 1 aliphatic heterocycles. The topological polar surface area (TPSA) is 45.7 Å². The Bertz CT molecular complexity index is 675. The van der Waals surface area contributed by atoms with Gasteiger partial charge in [0.1, 0.15) is 17.5 Å². The van der Waals surface area contributed by atoms with Crippen LogP contribution in [0.4, 0.5) is 5.69 Å². The molecule has 2 aromatic rings. The number of pyridine rings is 1. The maximum Gasteiger partial charge on any atom is 0.272 e. The van der Waals surface area contributed by atoms with Gasteiger partial charge in [-0.15, -0.1) is 0 Å². The fraction of sp³-hybridized carbons (Fsp3) is 0.333. The third-order valence-electron chi connectivity index (χ3n) is 4.01. The van der Waals surface area contributed by atoms with E-state index in [-0.39, 0.29) is 12.0 Å². The lowest BCUT2D eigenvalue weighted by Crippen LogP contribution is -2.46. The summed E-state index contributed by atoms with van der Waals surface area (Å²) >= 11 is 0. The zero-order valence-corrected chi connectivity index (χ0v) is 13.5. The molecule has 0 aliphatic carbocycles. The molecule has 1 aliphatic rings. The van der Waals surface area contributed by atoms with E-state index in [1.165, 1.54) is 0 Å². The minimum absolute atomic E-state index is 0.0532. The van der Waals surface area contributed by atoms with Gasteiger partial charge in [0, 0.05) is 19.8 Å². The molecule has 0 fully saturated rings. The number of hydrogen-bond acceptors (Lipinski definition) is 4. The van der Waals surface area contributed by atoms with E-state index in [1.54, 1.807) is 30.3 Å². The number of rotatable bonds is 4. The number of carbonyl (C=O) groups excluding carboxylic acids is 1. The van der Waals surface area contributed by atoms with Crippen LogP contribution in [0.1, 0.15) is 17.4 Å². The normalized spacial score (nSPS) is 16.4. The molecule has 0 radical (unpaired) electrons. The molecule has 3 rings (SSSR count). The zero-order valence-electron chi connectivity index (χ0n) is 13.5. The molecule has 5 heteroatoms. The molecule has 0 bridgehead atoms. The number of nitrogens with zero attached hydrogens (tertiary/aromatic N) is 3. The molecule has 5 nitrogen and oxygen atoms in total. The highest BCUT2D eigenvalue weighted by atomic mass is 16.5. The molecule has 0 saturated heterocycles. The van der Waals surface area contributed by atoms with Crippen LogP contribution < -0.4 is 9.64 Å². The SMILES string of the molecule is CCN1CC(CN(C)C(=O)c2ccccn2)Oc2ccccc21. The predicted octanol–water partition coefficient (Wildman–Crippen LogP) is 2.44. The minimum Gasteiger partial charge on any atom is -0.485 e. The number of para-hydroxylation sites is 2. The van der Waals surface area contributed by atoms with E-state index in [0.29, 0.717) is 12.2 Å². The molecular formula is C18H21N3O2. The summed E-state index contributed by atoms with van der Waals surface area (Å²) in [6.45, 7) is 4.34. The van der Waals surface area contributed by atoms with Crippen molar-refractivity contribution in [1.29, 1.82) is 0 Å². The largest absolute Gasteiger partial charge is 0.485 e. The van der Waals surface area contributed by atoms with Gasteiger partial charge >= 0.3 is 0 Å². The molecular weight excluding hydrogens is 290 g/mol. The van der Waals surface area contributed by atoms with E-state index < -0.39 is 0 Å². The summed E-state index contributed by atoms with van der Waals surface area (Å²) < 4.78 is 6.06. The van der Waals surface area contributed by atoms with E-state index in [1.807, 2.05) is 24.3 Å². The van der Waals surface area contributed by atoms with Crippen molar-refractivity contribution >= 4 is 11.6 Å². The maximum atomic E-state index is 12.4. The van der Waals surface area contributed by atoms with Crippen LogP contribution in [0.15, 0.2) is 48.7 Å². The Hall–Kier alpha value is -2.56. The van der Waals surface area contributed by atoms with Gasteiger partial charge in [0.25, 0.3) is 5.91 Å². The Labute approximate surface area is 136 Å². The van der Waals surface area contributed by atoms with Crippen LogP contribution in [0.5, 0.6) is 5.75 Å². The third-order valence-corrected chi connectivity index (χ3v) is 4.01. The van der Waals surface area contributed by atoms with Crippen molar-refractivity contribution in [3.8, 4) is 5.75 Å². The molecule has 1 unspecified atom stereocenters. The summed E-state index contributed by atoms with van der Waals surface area (Å²) in [7, 11) is 1.79. The lowest BCUT2D eigenvalue weighted by atomic mass is 10.1. The quantitative estimate of drug-likeness (QED) is 0.870. The Morgan fingerprint density at radius 1 is 1.30 bits per heavy atom. The fourth-order valence-corrected chi connectivity index (χ4v) is 2.85. The molecule has 1 amide bonds. The minimum atomic E-state index is -0.0869. The van der Waals surface area contributed by atoms with Crippen molar-refractivity contribution in [2.24, 2.45) is 0 Å². The number of benzene rings is 1. The van der Waals surface area contributed by atoms with Crippen molar-refractivity contribution in [3.63, 3.8) is 0 Å². The summed E-state index contributed by atoms with van der Waals surface area (Å²) in [5, 5.41) is 0. The number of likely N-dealkylation sites (N-methyl/N-ethyl adjacent to an activating group) is 2. The standard InChI is InChI=1S/C18H21N3O2/c1-3-21-13-14(23-17-10-5-4-9-16(17)21)12-20(2)18(22)15-8-6-7-11-19-15/h4-11,14H,3,12-13H2,1-2H3. The third kappa shape index (κ3) is 3.28. The number of amides is 1. The predicted molar refractivity (Wildman–Crippen MR) is 89.9 cm³/mol. The second kappa shape index (κ2) is 6.69. The van der Waals surface area contributed by atoms with Crippen molar-refractivity contribution < 1.29 is 9.53 Å². The van der Waals surface area contributed by atoms with Gasteiger partial charge in [-0.25, -0.2) is 0 Å². The van der Waals surface area contributed by atoms with Crippen LogP contribution in [0.3, 0.4) is 0 Å². The molecule has 0 N–H and O–H groups in total. The Balaban J connectivity index is 1.70. The molecule has 0 spiro atoms. The smallest absolute Gasteiger partial charge is 0.272 e. The average molecular weight is 311 g/mol. The van der Waals surface area contributed by atoms with Crippen molar-refractivity contribution in [1.82, 2.24) is 9.88 Å². The van der Waals surface area contributed by atoms with E-state index in [0.717, 1.165) is 24.5 Å².